The number of aliphatic hydroxyl groups is 1. The van der Waals surface area contributed by atoms with Crippen LogP contribution in [0.1, 0.15) is 33.1 Å². The molecule has 5 nitrogen and oxygen atoms in total. The molecule has 0 saturated carbocycles. The maximum Gasteiger partial charge on any atom is 0.521 e. The van der Waals surface area contributed by atoms with Gasteiger partial charge in [-0.2, -0.15) is 21.9 Å². The number of imide groups is 1. The Labute approximate surface area is 106 Å². The Morgan fingerprint density at radius 3 is 2.47 bits per heavy atom. The molecule has 2 amide bonds. The molecule has 2 N–H and O–H groups in total. The number of carboxylic acid groups (broad SMARTS) is 1. The zero-order valence-electron chi connectivity index (χ0n) is 10.2. The lowest BCUT2D eigenvalue weighted by molar-refractivity contribution is -0.795. The van der Waals surface area contributed by atoms with E-state index in [1.54, 1.807) is 13.8 Å². The second kappa shape index (κ2) is 4.96. The van der Waals surface area contributed by atoms with Crippen LogP contribution < -0.4 is 0 Å². The number of hydrogen-bond acceptors (Lipinski definition) is 4. The molecule has 2 unspecified atom stereocenters. The number of carbonyl (C=O) groups excluding carboxylic acids is 1. The van der Waals surface area contributed by atoms with E-state index in [0.717, 1.165) is 0 Å². The summed E-state index contributed by atoms with van der Waals surface area (Å²) in [7, 11) is 0. The molecule has 17 heavy (non-hydrogen) atoms. The topological polar surface area (TPSA) is 74.6 Å². The van der Waals surface area contributed by atoms with Crippen molar-refractivity contribution in [3.8, 4) is 0 Å². The molecular formula is C11H20NO4S+. The Bertz CT molecular complexity index is 335. The van der Waals surface area contributed by atoms with Gasteiger partial charge in [0.2, 0.25) is 0 Å². The predicted molar refractivity (Wildman–Crippen MR) is 65.9 cm³/mol. The van der Waals surface area contributed by atoms with Gasteiger partial charge in [-0.05, 0) is 13.3 Å². The number of amides is 2. The highest BCUT2D eigenvalue weighted by Gasteiger charge is 2.60. The largest absolute Gasteiger partial charge is 0.521 e. The first-order valence-corrected chi connectivity index (χ1v) is 6.43. The van der Waals surface area contributed by atoms with Gasteiger partial charge in [0.15, 0.2) is 0 Å². The summed E-state index contributed by atoms with van der Waals surface area (Å²) in [4.78, 5) is 23.5. The lowest BCUT2D eigenvalue weighted by Crippen LogP contribution is -2.60. The van der Waals surface area contributed by atoms with Crippen molar-refractivity contribution in [2.24, 2.45) is 0 Å². The molecule has 6 heteroatoms. The molecule has 0 aromatic heterocycles. The molecule has 1 rings (SSSR count). The van der Waals surface area contributed by atoms with Crippen molar-refractivity contribution in [2.75, 3.05) is 12.3 Å². The normalized spacial score (nSPS) is 37.1. The summed E-state index contributed by atoms with van der Waals surface area (Å²) in [5.41, 5.74) is -1.05. The molecule has 0 radical (unpaired) electrons. The average Bonchev–Trinajstić information content (AvgIpc) is 2.53. The number of likely N-dealkylation sites (tertiary alicyclic amines) is 1. The van der Waals surface area contributed by atoms with Gasteiger partial charge >= 0.3 is 12.0 Å². The first-order valence-electron chi connectivity index (χ1n) is 5.80. The van der Waals surface area contributed by atoms with Crippen molar-refractivity contribution >= 4 is 24.6 Å². The van der Waals surface area contributed by atoms with Crippen molar-refractivity contribution in [3.63, 3.8) is 0 Å². The van der Waals surface area contributed by atoms with Crippen LogP contribution in [0.3, 0.4) is 0 Å². The highest BCUT2D eigenvalue weighted by molar-refractivity contribution is 7.80. The summed E-state index contributed by atoms with van der Waals surface area (Å²) in [6.45, 7) is 3.47. The molecule has 1 aliphatic rings. The number of hydrogen-bond donors (Lipinski definition) is 3. The monoisotopic (exact) mass is 262 g/mol. The van der Waals surface area contributed by atoms with E-state index in [1.807, 2.05) is 0 Å². The van der Waals surface area contributed by atoms with Crippen molar-refractivity contribution in [2.45, 2.75) is 44.8 Å². The molecule has 0 aromatic carbocycles. The quantitative estimate of drug-likeness (QED) is 0.529. The van der Waals surface area contributed by atoms with Crippen LogP contribution in [0.2, 0.25) is 0 Å². The third kappa shape index (κ3) is 2.34. The maximum absolute atomic E-state index is 12.1. The summed E-state index contributed by atoms with van der Waals surface area (Å²) in [5.74, 6) is -0.0481. The zero-order valence-corrected chi connectivity index (χ0v) is 11.1. The van der Waals surface area contributed by atoms with E-state index in [4.69, 9.17) is 0 Å². The highest BCUT2D eigenvalue weighted by Crippen LogP contribution is 2.37. The van der Waals surface area contributed by atoms with Gasteiger partial charge in [0.1, 0.15) is 18.2 Å². The second-order valence-corrected chi connectivity index (χ2v) is 5.26. The van der Waals surface area contributed by atoms with E-state index in [2.05, 4.69) is 12.6 Å². The number of quaternary nitrogens is 1. The van der Waals surface area contributed by atoms with Crippen LogP contribution in [-0.4, -0.2) is 50.6 Å². The standard InChI is InChI=1S/C11H19NO4S/c1-3-11(16)6-8(2)12(7-11,10(14)15)9(13)4-5-17/h8,16H,3-7H2,1-2H3,(H-,14,15,17)/p+1/t8-,11?,12?/m1/s1. The van der Waals surface area contributed by atoms with Gasteiger partial charge in [0, 0.05) is 12.2 Å². The average molecular weight is 262 g/mol. The lowest BCUT2D eigenvalue weighted by atomic mass is 9.98. The lowest BCUT2D eigenvalue weighted by Gasteiger charge is -2.30. The smallest absolute Gasteiger partial charge is 0.435 e. The summed E-state index contributed by atoms with van der Waals surface area (Å²) in [5, 5.41) is 19.6. The van der Waals surface area contributed by atoms with E-state index in [0.29, 0.717) is 18.6 Å². The van der Waals surface area contributed by atoms with Crippen LogP contribution in [0.4, 0.5) is 4.79 Å². The van der Waals surface area contributed by atoms with Crippen LogP contribution in [-0.2, 0) is 4.79 Å². The van der Waals surface area contributed by atoms with Gasteiger partial charge in [0.05, 0.1) is 6.42 Å². The first kappa shape index (κ1) is 14.5. The van der Waals surface area contributed by atoms with Crippen LogP contribution in [0.25, 0.3) is 0 Å². The Morgan fingerprint density at radius 2 is 2.12 bits per heavy atom. The molecule has 1 aliphatic heterocycles. The van der Waals surface area contributed by atoms with E-state index < -0.39 is 22.2 Å². The molecule has 1 saturated heterocycles. The fraction of sp³-hybridized carbons (Fsp3) is 0.818. The summed E-state index contributed by atoms with van der Waals surface area (Å²) in [6, 6.07) is -0.398. The van der Waals surface area contributed by atoms with Gasteiger partial charge in [-0.1, -0.05) is 6.92 Å². The van der Waals surface area contributed by atoms with Crippen molar-refractivity contribution < 1.29 is 24.3 Å². The molecule has 98 valence electrons. The van der Waals surface area contributed by atoms with Crippen LogP contribution in [0.5, 0.6) is 0 Å². The Kier molecular flexibility index (Phi) is 4.22. The Hall–Kier alpha value is -0.590. The summed E-state index contributed by atoms with van der Waals surface area (Å²) >= 11 is 3.97. The van der Waals surface area contributed by atoms with Gasteiger partial charge in [-0.15, -0.1) is 0 Å². The van der Waals surface area contributed by atoms with Crippen LogP contribution in [0, 0.1) is 0 Å². The minimum Gasteiger partial charge on any atom is -0.435 e. The number of thiol groups is 1. The minimum atomic E-state index is -1.17. The van der Waals surface area contributed by atoms with Gasteiger partial charge < -0.3 is 10.2 Å². The molecule has 0 bridgehead atoms. The molecule has 0 aromatic rings. The van der Waals surface area contributed by atoms with Crippen molar-refractivity contribution in [1.82, 2.24) is 0 Å². The maximum atomic E-state index is 12.1. The highest BCUT2D eigenvalue weighted by atomic mass is 32.1. The number of rotatable bonds is 3. The fourth-order valence-electron chi connectivity index (χ4n) is 2.64. The Morgan fingerprint density at radius 1 is 1.53 bits per heavy atom. The number of carbonyl (C=O) groups is 2. The van der Waals surface area contributed by atoms with E-state index in [-0.39, 0.29) is 18.9 Å². The van der Waals surface area contributed by atoms with Crippen LogP contribution >= 0.6 is 12.6 Å². The van der Waals surface area contributed by atoms with Crippen molar-refractivity contribution in [1.29, 1.82) is 0 Å². The second-order valence-electron chi connectivity index (χ2n) is 4.81. The van der Waals surface area contributed by atoms with Gasteiger partial charge in [-0.3, -0.25) is 0 Å². The SMILES string of the molecule is CCC1(O)C[C@@H](C)[N+](C(=O)O)(C(=O)CCS)C1. The van der Waals surface area contributed by atoms with Gasteiger partial charge in [-0.25, -0.2) is 4.79 Å². The zero-order chi connectivity index (χ0) is 13.3. The molecule has 0 aliphatic carbocycles. The summed E-state index contributed by atoms with van der Waals surface area (Å²) < 4.78 is -0.662. The predicted octanol–water partition coefficient (Wildman–Crippen LogP) is 1.26. The molecule has 0 spiro atoms. The molecular weight excluding hydrogens is 242 g/mol. The first-order chi connectivity index (χ1) is 7.82. The Balaban J connectivity index is 3.10. The third-order valence-electron chi connectivity index (χ3n) is 3.74. The van der Waals surface area contributed by atoms with Crippen molar-refractivity contribution in [3.05, 3.63) is 0 Å². The minimum absolute atomic E-state index is 0.0351. The van der Waals surface area contributed by atoms with Crippen LogP contribution in [0.15, 0.2) is 0 Å². The van der Waals surface area contributed by atoms with Gasteiger partial charge in [0.25, 0.3) is 0 Å². The molecule has 3 atom stereocenters. The van der Waals surface area contributed by atoms with E-state index in [9.17, 15) is 19.8 Å². The third-order valence-corrected chi connectivity index (χ3v) is 3.97. The van der Waals surface area contributed by atoms with E-state index in [1.165, 1.54) is 0 Å². The van der Waals surface area contributed by atoms with E-state index >= 15 is 0 Å². The molecule has 1 heterocycles. The number of nitrogens with zero attached hydrogens (tertiary/aromatic N) is 1. The molecule has 1 fully saturated rings. The summed E-state index contributed by atoms with van der Waals surface area (Å²) in [6.07, 6.45) is -0.263. The fourth-order valence-corrected chi connectivity index (χ4v) is 2.83.